The molecule has 0 bridgehead atoms. The molecule has 0 aromatic heterocycles. The molecule has 0 aliphatic carbocycles. The second-order valence-electron chi connectivity index (χ2n) is 11.8. The standard InChI is InChI=1S/C23H28N2O5S2Si.C7H10N2O5S2.BBr3/c1-23(2,3)33(19-11-7-5-8-12-19,20-13-9-6-10-14-20)25-32(29,30)22-16-15-18(17-21(22)26)31(27,28)24-4;1-9-16(13,14)5-2-3-7(6(10)4-5)15(8,11)12;2-1(3)4/h5-17,24-26H,1-4H3;2-4,9-10H,1H3,(H2,8,11,12);. The van der Waals surface area contributed by atoms with E-state index in [0.29, 0.717) is 0 Å². The molecule has 4 rings (SSSR count). The Morgan fingerprint density at radius 2 is 0.943 bits per heavy atom. The number of sulfonamides is 4. The number of nitrogens with two attached hydrogens (primary N) is 1. The van der Waals surface area contributed by atoms with E-state index in [2.05, 4.69) is 56.4 Å². The normalized spacial score (nSPS) is 12.5. The van der Waals surface area contributed by atoms with Crippen LogP contribution in [-0.4, -0.2) is 69.4 Å². The Labute approximate surface area is 337 Å². The third kappa shape index (κ3) is 12.2. The lowest BCUT2D eigenvalue weighted by Gasteiger charge is -2.43. The third-order valence-corrected chi connectivity index (χ3v) is 19.1. The first-order chi connectivity index (χ1) is 24.3. The quantitative estimate of drug-likeness (QED) is 0.127. The second-order valence-corrected chi connectivity index (χ2v) is 30.0. The van der Waals surface area contributed by atoms with Gasteiger partial charge < -0.3 is 10.2 Å². The van der Waals surface area contributed by atoms with Crippen molar-refractivity contribution in [3.8, 4) is 11.5 Å². The average Bonchev–Trinajstić information content (AvgIpc) is 3.06. The molecular weight excluding hydrogens is 983 g/mol. The lowest BCUT2D eigenvalue weighted by molar-refractivity contribution is 0.455. The number of benzene rings is 4. The van der Waals surface area contributed by atoms with Crippen molar-refractivity contribution in [2.45, 2.75) is 45.4 Å². The van der Waals surface area contributed by atoms with Gasteiger partial charge in [0.15, 0.2) is 0 Å². The molecule has 290 valence electrons. The van der Waals surface area contributed by atoms with Gasteiger partial charge in [-0.25, -0.2) is 52.6 Å². The van der Waals surface area contributed by atoms with Crippen LogP contribution in [0.1, 0.15) is 20.8 Å². The van der Waals surface area contributed by atoms with Crippen LogP contribution in [0.4, 0.5) is 0 Å². The highest BCUT2D eigenvalue weighted by molar-refractivity contribution is 9.69. The molecule has 7 N–H and O–H groups in total. The van der Waals surface area contributed by atoms with E-state index in [0.717, 1.165) is 46.8 Å². The zero-order chi connectivity index (χ0) is 40.6. The van der Waals surface area contributed by atoms with E-state index in [4.69, 9.17) is 5.14 Å². The van der Waals surface area contributed by atoms with Crippen molar-refractivity contribution in [1.29, 1.82) is 0 Å². The topological polar surface area (TPSA) is 239 Å². The molecule has 0 aliphatic heterocycles. The molecule has 4 aromatic carbocycles. The van der Waals surface area contributed by atoms with E-state index >= 15 is 0 Å². The summed E-state index contributed by atoms with van der Waals surface area (Å²) >= 11 is 9.31. The number of primary sulfonamides is 1. The summed E-state index contributed by atoms with van der Waals surface area (Å²) in [5, 5.41) is 25.9. The van der Waals surface area contributed by atoms with Crippen LogP contribution in [0.3, 0.4) is 0 Å². The number of hydrogen-bond acceptors (Lipinski definition) is 10. The van der Waals surface area contributed by atoms with Crippen LogP contribution in [0.25, 0.3) is 0 Å². The first-order valence-corrected chi connectivity index (χ1v) is 25.6. The zero-order valence-corrected chi connectivity index (χ0v) is 37.8. The van der Waals surface area contributed by atoms with Crippen LogP contribution >= 0.6 is 47.3 Å². The highest BCUT2D eigenvalue weighted by atomic mass is 79.9. The lowest BCUT2D eigenvalue weighted by Crippen LogP contribution is -2.74. The molecule has 0 saturated carbocycles. The molecule has 0 spiro atoms. The fraction of sp³-hybridized carbons (Fsp3) is 0.200. The monoisotopic (exact) mass is 1020 g/mol. The number of phenolic OH excluding ortho intramolecular Hbond substituents is 2. The van der Waals surface area contributed by atoms with Crippen molar-refractivity contribution in [2.75, 3.05) is 14.1 Å². The molecular formula is C30H38BBr3N4O10S4Si. The summed E-state index contributed by atoms with van der Waals surface area (Å²) in [7, 11) is -16.7. The van der Waals surface area contributed by atoms with Gasteiger partial charge in [0.1, 0.15) is 21.3 Å². The van der Waals surface area contributed by atoms with Gasteiger partial charge in [0.05, 0.1) is 9.79 Å². The average molecular weight is 1020 g/mol. The molecule has 0 atom stereocenters. The van der Waals surface area contributed by atoms with Gasteiger partial charge in [-0.15, -0.1) is 47.3 Å². The molecule has 23 heteroatoms. The van der Waals surface area contributed by atoms with Crippen LogP contribution in [0.5, 0.6) is 11.5 Å². The summed E-state index contributed by atoms with van der Waals surface area (Å²) < 4.78 is 103. The van der Waals surface area contributed by atoms with Gasteiger partial charge in [-0.2, -0.15) is 0 Å². The van der Waals surface area contributed by atoms with E-state index < -0.39 is 69.8 Å². The molecule has 14 nitrogen and oxygen atoms in total. The summed E-state index contributed by atoms with van der Waals surface area (Å²) in [6.45, 7) is 5.97. The maximum atomic E-state index is 13.7. The molecule has 0 unspecified atom stereocenters. The number of phenols is 2. The highest BCUT2D eigenvalue weighted by Gasteiger charge is 2.51. The van der Waals surface area contributed by atoms with E-state index in [-0.39, 0.29) is 17.9 Å². The van der Waals surface area contributed by atoms with Crippen LogP contribution in [-0.2, 0) is 40.1 Å². The van der Waals surface area contributed by atoms with Gasteiger partial charge in [0.2, 0.25) is 48.3 Å². The summed E-state index contributed by atoms with van der Waals surface area (Å²) in [5.41, 5.74) is 0. The van der Waals surface area contributed by atoms with E-state index in [1.165, 1.54) is 14.1 Å². The molecule has 0 radical (unpaired) electrons. The number of halogens is 3. The van der Waals surface area contributed by atoms with Gasteiger partial charge in [-0.1, -0.05) is 81.4 Å². The minimum absolute atomic E-state index is 0.230. The smallest absolute Gasteiger partial charge is 0.369 e. The Balaban J connectivity index is 0.000000404. The molecule has 0 amide bonds. The lowest BCUT2D eigenvalue weighted by atomic mass is 10.2. The number of nitrogens with one attached hydrogen (secondary N) is 3. The maximum absolute atomic E-state index is 13.7. The minimum Gasteiger partial charge on any atom is -0.506 e. The Bertz CT molecular complexity index is 2280. The maximum Gasteiger partial charge on any atom is 0.369 e. The van der Waals surface area contributed by atoms with Crippen molar-refractivity contribution in [1.82, 2.24) is 13.8 Å². The first kappa shape index (κ1) is 47.0. The summed E-state index contributed by atoms with van der Waals surface area (Å²) in [6, 6.07) is 24.8. The second kappa shape index (κ2) is 18.7. The van der Waals surface area contributed by atoms with Crippen LogP contribution < -0.4 is 29.3 Å². The SMILES string of the molecule is BrB(Br)Br.CNS(=O)(=O)c1ccc(S(=O)(=O)N[Si](c2ccccc2)(c2ccccc2)C(C)(C)C)c(O)c1.CNS(=O)(=O)c1ccc(S(N)(=O)=O)c(O)c1. The predicted octanol–water partition coefficient (Wildman–Crippen LogP) is 3.24. The van der Waals surface area contributed by atoms with Gasteiger partial charge in [0.25, 0.3) is 0 Å². The zero-order valence-electron chi connectivity index (χ0n) is 28.8. The third-order valence-electron chi connectivity index (χ3n) is 7.44. The number of hydrogen-bond donors (Lipinski definition) is 6. The largest absolute Gasteiger partial charge is 0.506 e. The van der Waals surface area contributed by atoms with Crippen molar-refractivity contribution in [3.05, 3.63) is 97.1 Å². The molecule has 0 heterocycles. The van der Waals surface area contributed by atoms with E-state index in [1.54, 1.807) is 0 Å². The highest BCUT2D eigenvalue weighted by Crippen LogP contribution is 2.36. The predicted molar refractivity (Wildman–Crippen MR) is 221 cm³/mol. The van der Waals surface area contributed by atoms with E-state index in [1.807, 2.05) is 86.2 Å². The Morgan fingerprint density at radius 3 is 1.23 bits per heavy atom. The fourth-order valence-electron chi connectivity index (χ4n) is 4.97. The van der Waals surface area contributed by atoms with Crippen molar-refractivity contribution in [2.24, 2.45) is 5.14 Å². The molecule has 4 aromatic rings. The van der Waals surface area contributed by atoms with Gasteiger partial charge in [0, 0.05) is 12.1 Å². The Hall–Kier alpha value is -2.16. The van der Waals surface area contributed by atoms with Gasteiger partial charge in [-0.3, -0.25) is 0 Å². The van der Waals surface area contributed by atoms with Crippen molar-refractivity contribution >= 4 is 109 Å². The van der Waals surface area contributed by atoms with E-state index in [9.17, 15) is 43.9 Å². The van der Waals surface area contributed by atoms with Gasteiger partial charge >= 0.3 is 3.18 Å². The van der Waals surface area contributed by atoms with Crippen LogP contribution in [0.15, 0.2) is 117 Å². The molecule has 0 saturated heterocycles. The Morgan fingerprint density at radius 1 is 0.604 bits per heavy atom. The number of rotatable bonds is 10. The summed E-state index contributed by atoms with van der Waals surface area (Å²) in [5.74, 6) is -1.35. The molecule has 0 aliphatic rings. The van der Waals surface area contributed by atoms with Crippen LogP contribution in [0.2, 0.25) is 5.04 Å². The fourth-order valence-corrected chi connectivity index (χ4v) is 15.3. The minimum atomic E-state index is -4.25. The Kier molecular flexibility index (Phi) is 16.5. The molecule has 53 heavy (non-hydrogen) atoms. The summed E-state index contributed by atoms with van der Waals surface area (Å²) in [4.78, 5) is -1.39. The summed E-state index contributed by atoms with van der Waals surface area (Å²) in [6.07, 6.45) is 0. The first-order valence-electron chi connectivity index (χ1n) is 14.9. The van der Waals surface area contributed by atoms with Crippen molar-refractivity contribution < 1.29 is 43.9 Å². The van der Waals surface area contributed by atoms with Crippen molar-refractivity contribution in [3.63, 3.8) is 0 Å². The van der Waals surface area contributed by atoms with Crippen LogP contribution in [0, 0.1) is 0 Å². The molecule has 0 fully saturated rings. The van der Waals surface area contributed by atoms with Gasteiger partial charge in [-0.05, 0) is 53.8 Å². The number of aromatic hydroxyl groups is 2.